The fourth-order valence-electron chi connectivity index (χ4n) is 2.73. The van der Waals surface area contributed by atoms with Crippen molar-refractivity contribution in [2.75, 3.05) is 5.32 Å². The van der Waals surface area contributed by atoms with E-state index in [0.29, 0.717) is 28.1 Å². The predicted octanol–water partition coefficient (Wildman–Crippen LogP) is 6.28. The molecule has 0 atom stereocenters. The summed E-state index contributed by atoms with van der Waals surface area (Å²) in [5.41, 5.74) is 1.92. The summed E-state index contributed by atoms with van der Waals surface area (Å²) in [6.07, 6.45) is 1.33. The number of carbonyl (C=O) groups excluding carboxylic acids is 2. The number of rotatable bonds is 4. The molecular formula is C22H15Cl3N4O3. The summed E-state index contributed by atoms with van der Waals surface area (Å²) in [6, 6.07) is 10.6. The second-order valence-corrected chi connectivity index (χ2v) is 7.81. The predicted molar refractivity (Wildman–Crippen MR) is 123 cm³/mol. The number of ether oxygens (including phenoxy) is 1. The summed E-state index contributed by atoms with van der Waals surface area (Å²) in [7, 11) is 0. The maximum atomic E-state index is 12.3. The minimum absolute atomic E-state index is 0.0823. The molecule has 0 spiro atoms. The van der Waals surface area contributed by atoms with Crippen molar-refractivity contribution < 1.29 is 14.3 Å². The van der Waals surface area contributed by atoms with Crippen molar-refractivity contribution in [1.82, 2.24) is 10.3 Å². The summed E-state index contributed by atoms with van der Waals surface area (Å²) in [5, 5.41) is 14.3. The highest BCUT2D eigenvalue weighted by molar-refractivity contribution is 6.34. The number of imide groups is 1. The molecule has 0 aliphatic rings. The third-order valence-electron chi connectivity index (χ3n) is 4.38. The molecule has 2 aromatic carbocycles. The van der Waals surface area contributed by atoms with Gasteiger partial charge in [0.2, 0.25) is 5.88 Å². The molecule has 3 aromatic rings. The Labute approximate surface area is 198 Å². The monoisotopic (exact) mass is 488 g/mol. The Morgan fingerprint density at radius 2 is 1.81 bits per heavy atom. The van der Waals surface area contributed by atoms with Crippen LogP contribution in [0, 0.1) is 25.2 Å². The Morgan fingerprint density at radius 1 is 1.09 bits per heavy atom. The first-order valence-corrected chi connectivity index (χ1v) is 10.2. The maximum absolute atomic E-state index is 12.3. The quantitative estimate of drug-likeness (QED) is 0.448. The zero-order chi connectivity index (χ0) is 23.4. The summed E-state index contributed by atoms with van der Waals surface area (Å²) in [4.78, 5) is 28.7. The van der Waals surface area contributed by atoms with Gasteiger partial charge in [-0.25, -0.2) is 9.78 Å². The van der Waals surface area contributed by atoms with E-state index in [-0.39, 0.29) is 26.5 Å². The summed E-state index contributed by atoms with van der Waals surface area (Å²) < 4.78 is 5.77. The molecule has 0 saturated carbocycles. The Balaban J connectivity index is 1.79. The van der Waals surface area contributed by atoms with E-state index in [4.69, 9.17) is 44.8 Å². The lowest BCUT2D eigenvalue weighted by atomic mass is 10.1. The van der Waals surface area contributed by atoms with Gasteiger partial charge >= 0.3 is 6.03 Å². The van der Waals surface area contributed by atoms with Gasteiger partial charge in [-0.1, -0.05) is 46.9 Å². The number of nitrogens with one attached hydrogen (secondary N) is 2. The fraction of sp³-hybridized carbons (Fsp3) is 0.0909. The van der Waals surface area contributed by atoms with Gasteiger partial charge in [-0.3, -0.25) is 10.1 Å². The molecule has 1 aromatic heterocycles. The molecule has 0 aliphatic carbocycles. The number of anilines is 1. The number of aryl methyl sites for hydroxylation is 1. The molecule has 1 heterocycles. The molecule has 0 aliphatic heterocycles. The molecule has 10 heteroatoms. The van der Waals surface area contributed by atoms with E-state index in [0.717, 1.165) is 0 Å². The molecule has 0 bridgehead atoms. The Kier molecular flexibility index (Phi) is 7.21. The van der Waals surface area contributed by atoms with Crippen LogP contribution in [0.2, 0.25) is 15.1 Å². The second kappa shape index (κ2) is 9.88. The average Bonchev–Trinajstić information content (AvgIpc) is 2.75. The number of carbonyl (C=O) groups is 2. The van der Waals surface area contributed by atoms with Crippen LogP contribution in [0.25, 0.3) is 0 Å². The summed E-state index contributed by atoms with van der Waals surface area (Å²) in [5.74, 6) is -0.268. The number of aromatic nitrogens is 1. The van der Waals surface area contributed by atoms with Crippen molar-refractivity contribution >= 4 is 52.4 Å². The highest BCUT2D eigenvalue weighted by Crippen LogP contribution is 2.40. The van der Waals surface area contributed by atoms with Crippen LogP contribution in [0.15, 0.2) is 42.6 Å². The van der Waals surface area contributed by atoms with E-state index >= 15 is 0 Å². The number of amides is 3. The van der Waals surface area contributed by atoms with Crippen molar-refractivity contribution in [3.63, 3.8) is 0 Å². The lowest BCUT2D eigenvalue weighted by molar-refractivity contribution is 0.0967. The third-order valence-corrected chi connectivity index (χ3v) is 5.44. The normalized spacial score (nSPS) is 10.2. The van der Waals surface area contributed by atoms with Crippen molar-refractivity contribution in [3.8, 4) is 17.7 Å². The number of halogens is 3. The van der Waals surface area contributed by atoms with Crippen LogP contribution >= 0.6 is 34.8 Å². The van der Waals surface area contributed by atoms with E-state index in [2.05, 4.69) is 15.6 Å². The van der Waals surface area contributed by atoms with Crippen LogP contribution in [-0.4, -0.2) is 16.9 Å². The van der Waals surface area contributed by atoms with Crippen molar-refractivity contribution in [2.45, 2.75) is 13.8 Å². The summed E-state index contributed by atoms with van der Waals surface area (Å²) >= 11 is 18.6. The van der Waals surface area contributed by atoms with Gasteiger partial charge in [-0.05, 0) is 49.2 Å². The largest absolute Gasteiger partial charge is 0.436 e. The molecule has 0 radical (unpaired) electrons. The van der Waals surface area contributed by atoms with E-state index in [1.165, 1.54) is 18.3 Å². The maximum Gasteiger partial charge on any atom is 0.326 e. The molecule has 162 valence electrons. The molecule has 0 unspecified atom stereocenters. The van der Waals surface area contributed by atoms with E-state index in [1.807, 2.05) is 6.07 Å². The lowest BCUT2D eigenvalue weighted by Crippen LogP contribution is -2.34. The van der Waals surface area contributed by atoms with Crippen LogP contribution in [-0.2, 0) is 0 Å². The zero-order valence-corrected chi connectivity index (χ0v) is 19.1. The van der Waals surface area contributed by atoms with Gasteiger partial charge < -0.3 is 10.1 Å². The van der Waals surface area contributed by atoms with Gasteiger partial charge in [-0.2, -0.15) is 5.26 Å². The van der Waals surface area contributed by atoms with E-state index < -0.39 is 11.9 Å². The summed E-state index contributed by atoms with van der Waals surface area (Å²) in [6.45, 7) is 3.39. The minimum Gasteiger partial charge on any atom is -0.436 e. The number of hydrogen-bond donors (Lipinski definition) is 2. The molecule has 0 fully saturated rings. The average molecular weight is 490 g/mol. The third kappa shape index (κ3) is 5.11. The number of hydrogen-bond acceptors (Lipinski definition) is 5. The molecule has 0 saturated heterocycles. The topological polar surface area (TPSA) is 104 Å². The van der Waals surface area contributed by atoms with Gasteiger partial charge in [-0.15, -0.1) is 0 Å². The smallest absolute Gasteiger partial charge is 0.326 e. The first-order chi connectivity index (χ1) is 15.2. The van der Waals surface area contributed by atoms with Gasteiger partial charge in [0.25, 0.3) is 5.91 Å². The van der Waals surface area contributed by atoms with Gasteiger partial charge in [0.1, 0.15) is 11.1 Å². The fourth-order valence-corrected chi connectivity index (χ4v) is 3.45. The van der Waals surface area contributed by atoms with Crippen molar-refractivity contribution in [3.05, 3.63) is 79.9 Å². The number of nitriles is 1. The zero-order valence-electron chi connectivity index (χ0n) is 16.8. The molecule has 3 rings (SSSR count). The number of pyridine rings is 1. The lowest BCUT2D eigenvalue weighted by Gasteiger charge is -2.17. The number of nitrogens with zero attached hydrogens (tertiary/aromatic N) is 2. The number of urea groups is 1. The van der Waals surface area contributed by atoms with Crippen molar-refractivity contribution in [1.29, 1.82) is 5.26 Å². The van der Waals surface area contributed by atoms with E-state index in [9.17, 15) is 9.59 Å². The van der Waals surface area contributed by atoms with E-state index in [1.54, 1.807) is 38.1 Å². The second-order valence-electron chi connectivity index (χ2n) is 6.62. The number of benzene rings is 2. The molecule has 2 N–H and O–H groups in total. The highest BCUT2D eigenvalue weighted by Gasteiger charge is 2.19. The highest BCUT2D eigenvalue weighted by atomic mass is 35.5. The standard InChI is InChI=1S/C22H15Cl3N4O3/c1-11-7-17(28-22(31)29-20(30)14-5-3-4-6-15(14)23)12(2)18(25)19(11)32-21-16(24)8-13(9-26)10-27-21/h3-8,10H,1-2H3,(H2,28,29,30,31). The van der Waals surface area contributed by atoms with Crippen molar-refractivity contribution in [2.24, 2.45) is 0 Å². The molecule has 7 nitrogen and oxygen atoms in total. The first-order valence-electron chi connectivity index (χ1n) is 9.11. The molecular weight excluding hydrogens is 475 g/mol. The Hall–Kier alpha value is -3.31. The van der Waals surface area contributed by atoms with Crippen LogP contribution in [0.3, 0.4) is 0 Å². The Bertz CT molecular complexity index is 1270. The van der Waals surface area contributed by atoms with Gasteiger partial charge in [0.05, 0.1) is 21.2 Å². The van der Waals surface area contributed by atoms with Crippen LogP contribution in [0.1, 0.15) is 27.0 Å². The molecule has 3 amide bonds. The van der Waals surface area contributed by atoms with Crippen LogP contribution in [0.4, 0.5) is 10.5 Å². The van der Waals surface area contributed by atoms with Gasteiger partial charge in [0, 0.05) is 11.9 Å². The minimum atomic E-state index is -0.751. The SMILES string of the molecule is Cc1cc(NC(=O)NC(=O)c2ccccc2Cl)c(C)c(Cl)c1Oc1ncc(C#N)cc1Cl. The van der Waals surface area contributed by atoms with Gasteiger partial charge in [0.15, 0.2) is 5.75 Å². The Morgan fingerprint density at radius 3 is 2.47 bits per heavy atom. The van der Waals surface area contributed by atoms with Crippen LogP contribution in [0.5, 0.6) is 11.6 Å². The molecule has 32 heavy (non-hydrogen) atoms. The van der Waals surface area contributed by atoms with Crippen LogP contribution < -0.4 is 15.4 Å². The first kappa shape index (κ1) is 23.4.